The third-order valence-electron chi connectivity index (χ3n) is 9.21. The van der Waals surface area contributed by atoms with E-state index in [9.17, 15) is 27.2 Å². The van der Waals surface area contributed by atoms with E-state index in [0.29, 0.717) is 38.4 Å². The van der Waals surface area contributed by atoms with Gasteiger partial charge in [-0.25, -0.2) is 9.37 Å². The molecule has 3 heterocycles. The van der Waals surface area contributed by atoms with E-state index in [2.05, 4.69) is 15.5 Å². The Hall–Kier alpha value is -3.06. The van der Waals surface area contributed by atoms with Crippen LogP contribution in [0.3, 0.4) is 0 Å². The van der Waals surface area contributed by atoms with Gasteiger partial charge in [0.05, 0.1) is 33.6 Å². The van der Waals surface area contributed by atoms with Crippen LogP contribution in [0.5, 0.6) is 5.75 Å². The highest BCUT2D eigenvalue weighted by Gasteiger charge is 2.52. The van der Waals surface area contributed by atoms with Crippen LogP contribution in [0.15, 0.2) is 30.3 Å². The van der Waals surface area contributed by atoms with Gasteiger partial charge >= 0.3 is 6.18 Å². The summed E-state index contributed by atoms with van der Waals surface area (Å²) in [5.74, 6) is -1.26. The SMILES string of the molecule is COc1ccc2nc(N3CC4(CCS4)C3)sc2c1C(=O)N[C@@H]1[C@H]2CC[C@H](C2)[C@@H]1C(=O)Nc1ccc(F)c(C(F)(F)F)c1. The van der Waals surface area contributed by atoms with E-state index in [1.807, 2.05) is 17.8 Å². The first kappa shape index (κ1) is 27.8. The van der Waals surface area contributed by atoms with Crippen LogP contribution >= 0.6 is 23.1 Å². The van der Waals surface area contributed by atoms with Gasteiger partial charge in [-0.15, -0.1) is 0 Å². The summed E-state index contributed by atoms with van der Waals surface area (Å²) in [5, 5.41) is 6.51. The second-order valence-electron chi connectivity index (χ2n) is 11.7. The summed E-state index contributed by atoms with van der Waals surface area (Å²) in [4.78, 5) is 34.4. The second-order valence-corrected chi connectivity index (χ2v) is 14.2. The van der Waals surface area contributed by atoms with E-state index < -0.39 is 35.4 Å². The maximum Gasteiger partial charge on any atom is 0.419 e. The number of fused-ring (bicyclic) bond motifs is 3. The summed E-state index contributed by atoms with van der Waals surface area (Å²) < 4.78 is 60.1. The van der Waals surface area contributed by atoms with Gasteiger partial charge in [0.15, 0.2) is 5.13 Å². The molecule has 2 aromatic carbocycles. The summed E-state index contributed by atoms with van der Waals surface area (Å²) in [6.45, 7) is 1.88. The predicted molar refractivity (Wildman–Crippen MR) is 154 cm³/mol. The molecule has 4 atom stereocenters. The van der Waals surface area contributed by atoms with Gasteiger partial charge in [-0.05, 0) is 73.6 Å². The van der Waals surface area contributed by atoms with Gasteiger partial charge in [0.25, 0.3) is 5.91 Å². The molecule has 2 bridgehead atoms. The first-order valence-electron chi connectivity index (χ1n) is 13.9. The molecule has 2 aliphatic heterocycles. The number of aromatic nitrogens is 1. The number of anilines is 2. The van der Waals surface area contributed by atoms with Crippen LogP contribution < -0.4 is 20.3 Å². The average Bonchev–Trinajstić information content (AvgIpc) is 3.61. The lowest BCUT2D eigenvalue weighted by Crippen LogP contribution is -2.63. The Morgan fingerprint density at radius 3 is 2.60 bits per heavy atom. The molecule has 4 fully saturated rings. The van der Waals surface area contributed by atoms with Crippen LogP contribution in [-0.4, -0.2) is 53.5 Å². The molecular formula is C29H28F4N4O3S2. The third kappa shape index (κ3) is 4.59. The molecule has 2 aliphatic carbocycles. The van der Waals surface area contributed by atoms with Crippen LogP contribution in [0.2, 0.25) is 0 Å². The number of thioether (sulfide) groups is 1. The number of hydrogen-bond acceptors (Lipinski definition) is 7. The van der Waals surface area contributed by atoms with Crippen LogP contribution in [0.25, 0.3) is 10.2 Å². The maximum absolute atomic E-state index is 13.9. The molecule has 4 aliphatic rings. The van der Waals surface area contributed by atoms with E-state index in [1.54, 1.807) is 6.07 Å². The molecule has 3 aromatic rings. The molecule has 7 nitrogen and oxygen atoms in total. The standard InChI is InChI=1S/C29H28F4N4O3S2/c1-40-20-7-6-19-24(42-27(35-19)37-12-28(13-37)8-9-41-28)22(20)26(39)36-23-15-3-2-14(10-15)21(23)25(38)34-16-4-5-18(30)17(11-16)29(31,32)33/h4-7,11,14-15,21,23H,2-3,8-10,12-13H2,1H3,(H,34,38)(H,36,39)/t14-,15+,21+,23-/m1/s1. The number of amides is 2. The predicted octanol–water partition coefficient (Wildman–Crippen LogP) is 5.94. The lowest BCUT2D eigenvalue weighted by atomic mass is 9.83. The largest absolute Gasteiger partial charge is 0.496 e. The Morgan fingerprint density at radius 1 is 1.14 bits per heavy atom. The molecule has 1 spiro atoms. The van der Waals surface area contributed by atoms with Crippen molar-refractivity contribution in [3.05, 3.63) is 47.3 Å². The highest BCUT2D eigenvalue weighted by atomic mass is 32.2. The van der Waals surface area contributed by atoms with Gasteiger partial charge in [0.1, 0.15) is 17.1 Å². The number of halogens is 4. The first-order valence-corrected chi connectivity index (χ1v) is 15.7. The van der Waals surface area contributed by atoms with Crippen molar-refractivity contribution < 1.29 is 31.9 Å². The topological polar surface area (TPSA) is 83.6 Å². The van der Waals surface area contributed by atoms with Crippen molar-refractivity contribution in [2.75, 3.05) is 36.2 Å². The Bertz CT molecular complexity index is 1580. The number of benzene rings is 2. The summed E-state index contributed by atoms with van der Waals surface area (Å²) in [7, 11) is 1.50. The molecule has 0 radical (unpaired) electrons. The van der Waals surface area contributed by atoms with E-state index in [4.69, 9.17) is 9.72 Å². The molecule has 222 valence electrons. The molecular weight excluding hydrogens is 592 g/mol. The van der Waals surface area contributed by atoms with Gasteiger partial charge in [-0.3, -0.25) is 9.59 Å². The molecule has 42 heavy (non-hydrogen) atoms. The third-order valence-corrected chi connectivity index (χ3v) is 11.8. The van der Waals surface area contributed by atoms with Gasteiger partial charge in [-0.2, -0.15) is 24.9 Å². The summed E-state index contributed by atoms with van der Waals surface area (Å²) in [6.07, 6.45) is -1.31. The Kier molecular flexibility index (Phi) is 6.61. The number of ether oxygens (including phenoxy) is 1. The van der Waals surface area contributed by atoms with Crippen molar-refractivity contribution in [1.82, 2.24) is 10.3 Å². The summed E-state index contributed by atoms with van der Waals surface area (Å²) in [5.41, 5.74) is -0.523. The zero-order valence-corrected chi connectivity index (χ0v) is 24.2. The smallest absolute Gasteiger partial charge is 0.419 e. The molecule has 7 rings (SSSR count). The fourth-order valence-electron chi connectivity index (χ4n) is 7.05. The van der Waals surface area contributed by atoms with Crippen LogP contribution in [0.1, 0.15) is 41.6 Å². The van der Waals surface area contributed by atoms with Gasteiger partial charge < -0.3 is 20.3 Å². The molecule has 1 aromatic heterocycles. The number of carbonyl (C=O) groups is 2. The minimum Gasteiger partial charge on any atom is -0.496 e. The van der Waals surface area contributed by atoms with Crippen LogP contribution in [0, 0.1) is 23.6 Å². The van der Waals surface area contributed by atoms with Crippen LogP contribution in [0.4, 0.5) is 28.4 Å². The van der Waals surface area contributed by atoms with Gasteiger partial charge in [-0.1, -0.05) is 11.3 Å². The lowest BCUT2D eigenvalue weighted by Gasteiger charge is -2.55. The number of thiazole rings is 1. The monoisotopic (exact) mass is 620 g/mol. The number of rotatable bonds is 6. The molecule has 2 saturated heterocycles. The van der Waals surface area contributed by atoms with E-state index in [0.717, 1.165) is 43.5 Å². The molecule has 2 amide bonds. The van der Waals surface area contributed by atoms with Gasteiger partial charge in [0, 0.05) is 24.8 Å². The molecule has 2 N–H and O–H groups in total. The van der Waals surface area contributed by atoms with Crippen molar-refractivity contribution in [1.29, 1.82) is 0 Å². The summed E-state index contributed by atoms with van der Waals surface area (Å²) >= 11 is 3.44. The first-order chi connectivity index (χ1) is 20.0. The van der Waals surface area contributed by atoms with Crippen molar-refractivity contribution >= 4 is 55.9 Å². The maximum atomic E-state index is 13.9. The fraction of sp³-hybridized carbons (Fsp3) is 0.483. The minimum atomic E-state index is -4.89. The van der Waals surface area contributed by atoms with Crippen LogP contribution in [-0.2, 0) is 11.0 Å². The highest BCUT2D eigenvalue weighted by Crippen LogP contribution is 2.51. The van der Waals surface area contributed by atoms with Crippen molar-refractivity contribution in [2.45, 2.75) is 42.6 Å². The Balaban J connectivity index is 1.13. The normalized spacial score (nSPS) is 25.8. The molecule has 13 heteroatoms. The zero-order chi connectivity index (χ0) is 29.4. The van der Waals surface area contributed by atoms with E-state index in [-0.39, 0.29) is 23.4 Å². The number of hydrogen-bond donors (Lipinski definition) is 2. The Morgan fingerprint density at radius 2 is 1.90 bits per heavy atom. The van der Waals surface area contributed by atoms with Crippen molar-refractivity contribution in [2.24, 2.45) is 17.8 Å². The minimum absolute atomic E-state index is 0.0151. The van der Waals surface area contributed by atoms with E-state index in [1.165, 1.54) is 30.6 Å². The number of alkyl halides is 3. The number of methoxy groups -OCH3 is 1. The fourth-order valence-corrected chi connectivity index (χ4v) is 9.43. The summed E-state index contributed by atoms with van der Waals surface area (Å²) in [6, 6.07) is 5.46. The zero-order valence-electron chi connectivity index (χ0n) is 22.6. The van der Waals surface area contributed by atoms with Crippen molar-refractivity contribution in [3.8, 4) is 5.75 Å². The average molecular weight is 621 g/mol. The lowest BCUT2D eigenvalue weighted by molar-refractivity contribution is -0.140. The highest BCUT2D eigenvalue weighted by molar-refractivity contribution is 8.02. The van der Waals surface area contributed by atoms with Gasteiger partial charge in [0.2, 0.25) is 5.91 Å². The number of carbonyl (C=O) groups excluding carboxylic acids is 2. The number of nitrogens with one attached hydrogen (secondary N) is 2. The van der Waals surface area contributed by atoms with E-state index >= 15 is 0 Å². The Labute approximate surface area is 247 Å². The quantitative estimate of drug-likeness (QED) is 0.332. The molecule has 0 unspecified atom stereocenters. The second kappa shape index (κ2) is 10.0. The molecule has 2 saturated carbocycles. The number of nitrogens with zero attached hydrogens (tertiary/aromatic N) is 2. The van der Waals surface area contributed by atoms with Crippen molar-refractivity contribution in [3.63, 3.8) is 0 Å².